The molecule has 3 rings (SSSR count). The highest BCUT2D eigenvalue weighted by Crippen LogP contribution is 2.27. The third kappa shape index (κ3) is 7.71. The Morgan fingerprint density at radius 1 is 1.08 bits per heavy atom. The second kappa shape index (κ2) is 13.1. The SMILES string of the molecule is COc1ccc2c(c1)c(CC(=O)OC/C=C\COC(=O)OC(C)O[N+](=O)[O-])cn2C(=O)c1ccc(Cl)cc1. The van der Waals surface area contributed by atoms with Crippen LogP contribution in [0.25, 0.3) is 10.9 Å². The maximum absolute atomic E-state index is 13.1. The monoisotopic (exact) mass is 546 g/mol. The summed E-state index contributed by atoms with van der Waals surface area (Å²) < 4.78 is 21.1. The van der Waals surface area contributed by atoms with E-state index < -0.39 is 23.5 Å². The van der Waals surface area contributed by atoms with E-state index in [-0.39, 0.29) is 25.5 Å². The van der Waals surface area contributed by atoms with Crippen molar-refractivity contribution in [1.29, 1.82) is 0 Å². The number of carbonyl (C=O) groups excluding carboxylic acids is 3. The zero-order valence-corrected chi connectivity index (χ0v) is 21.1. The highest BCUT2D eigenvalue weighted by atomic mass is 35.5. The van der Waals surface area contributed by atoms with Crippen molar-refractivity contribution in [2.24, 2.45) is 0 Å². The molecule has 13 heteroatoms. The molecular weight excluding hydrogens is 524 g/mol. The normalized spacial score (nSPS) is 11.7. The molecule has 0 amide bonds. The Kier molecular flexibility index (Phi) is 9.66. The van der Waals surface area contributed by atoms with Gasteiger partial charge in [0.25, 0.3) is 11.0 Å². The number of fused-ring (bicyclic) bond motifs is 1. The average molecular weight is 547 g/mol. The van der Waals surface area contributed by atoms with Gasteiger partial charge in [-0.15, -0.1) is 10.1 Å². The predicted octanol–water partition coefficient (Wildman–Crippen LogP) is 4.34. The summed E-state index contributed by atoms with van der Waals surface area (Å²) in [5, 5.41) is 10.2. The molecule has 1 atom stereocenters. The minimum Gasteiger partial charge on any atom is -0.497 e. The molecule has 0 radical (unpaired) electrons. The van der Waals surface area contributed by atoms with Crippen LogP contribution in [0.4, 0.5) is 4.79 Å². The van der Waals surface area contributed by atoms with Crippen molar-refractivity contribution in [2.45, 2.75) is 19.6 Å². The number of esters is 1. The van der Waals surface area contributed by atoms with Gasteiger partial charge in [-0.3, -0.25) is 19.0 Å². The molecule has 2 aromatic carbocycles. The molecule has 0 aliphatic rings. The molecular formula is C25H23ClN2O10. The number of rotatable bonds is 11. The molecule has 200 valence electrons. The van der Waals surface area contributed by atoms with E-state index in [9.17, 15) is 24.5 Å². The van der Waals surface area contributed by atoms with Gasteiger partial charge in [0.15, 0.2) is 0 Å². The topological polar surface area (TPSA) is 145 Å². The van der Waals surface area contributed by atoms with Gasteiger partial charge in [0.1, 0.15) is 19.0 Å². The highest BCUT2D eigenvalue weighted by molar-refractivity contribution is 6.30. The maximum atomic E-state index is 13.1. The van der Waals surface area contributed by atoms with Crippen LogP contribution in [0.5, 0.6) is 5.75 Å². The molecule has 0 spiro atoms. The summed E-state index contributed by atoms with van der Waals surface area (Å²) in [6.45, 7) is 0.825. The molecule has 0 N–H and O–H groups in total. The minimum absolute atomic E-state index is 0.107. The number of nitrogens with zero attached hydrogens (tertiary/aromatic N) is 2. The second-order valence-electron chi connectivity index (χ2n) is 7.63. The Labute approximate surface area is 221 Å². The molecule has 1 heterocycles. The van der Waals surface area contributed by atoms with Gasteiger partial charge in [-0.05, 0) is 67.1 Å². The van der Waals surface area contributed by atoms with Crippen LogP contribution in [0.2, 0.25) is 5.02 Å². The van der Waals surface area contributed by atoms with Crippen LogP contribution in [0.3, 0.4) is 0 Å². The molecule has 0 aliphatic carbocycles. The van der Waals surface area contributed by atoms with Crippen molar-refractivity contribution in [3.63, 3.8) is 0 Å². The van der Waals surface area contributed by atoms with Gasteiger partial charge in [-0.2, -0.15) is 0 Å². The molecule has 0 saturated heterocycles. The molecule has 1 unspecified atom stereocenters. The van der Waals surface area contributed by atoms with Gasteiger partial charge in [0.2, 0.25) is 6.29 Å². The third-order valence-corrected chi connectivity index (χ3v) is 5.29. The van der Waals surface area contributed by atoms with Crippen LogP contribution in [-0.4, -0.2) is 54.3 Å². The summed E-state index contributed by atoms with van der Waals surface area (Å²) in [6, 6.07) is 11.7. The van der Waals surface area contributed by atoms with E-state index in [0.29, 0.717) is 32.8 Å². The summed E-state index contributed by atoms with van der Waals surface area (Å²) in [7, 11) is 1.52. The number of hydrogen-bond donors (Lipinski definition) is 0. The fraction of sp³-hybridized carbons (Fsp3) is 0.240. The predicted molar refractivity (Wildman–Crippen MR) is 133 cm³/mol. The lowest BCUT2D eigenvalue weighted by atomic mass is 10.1. The number of halogens is 1. The first-order chi connectivity index (χ1) is 18.2. The van der Waals surface area contributed by atoms with Gasteiger partial charge in [0.05, 0.1) is 19.0 Å². The van der Waals surface area contributed by atoms with Crippen LogP contribution in [0.1, 0.15) is 22.8 Å². The second-order valence-corrected chi connectivity index (χ2v) is 8.06. The van der Waals surface area contributed by atoms with Gasteiger partial charge in [-0.25, -0.2) is 4.79 Å². The summed E-state index contributed by atoms with van der Waals surface area (Å²) >= 11 is 5.93. The lowest BCUT2D eigenvalue weighted by Gasteiger charge is -2.09. The Balaban J connectivity index is 1.60. The fourth-order valence-corrected chi connectivity index (χ4v) is 3.48. The first-order valence-corrected chi connectivity index (χ1v) is 11.5. The number of aromatic nitrogens is 1. The number of benzene rings is 2. The Hall–Kier alpha value is -4.58. The molecule has 0 saturated carbocycles. The average Bonchev–Trinajstić information content (AvgIpc) is 3.22. The van der Waals surface area contributed by atoms with Crippen molar-refractivity contribution in [2.75, 3.05) is 20.3 Å². The first-order valence-electron chi connectivity index (χ1n) is 11.1. The molecule has 0 fully saturated rings. The maximum Gasteiger partial charge on any atom is 0.510 e. The molecule has 3 aromatic rings. The number of carbonyl (C=O) groups is 3. The van der Waals surface area contributed by atoms with Crippen molar-refractivity contribution in [3.8, 4) is 5.75 Å². The number of ether oxygens (including phenoxy) is 4. The third-order valence-electron chi connectivity index (χ3n) is 5.04. The number of hydrogen-bond acceptors (Lipinski definition) is 10. The van der Waals surface area contributed by atoms with E-state index in [0.717, 1.165) is 6.92 Å². The van der Waals surface area contributed by atoms with E-state index in [4.69, 9.17) is 25.8 Å². The standard InChI is InChI=1S/C25H23ClN2O10/c1-16(38-28(32)33)37-25(31)36-12-4-3-11-35-23(29)13-18-15-27(22-10-9-20(34-2)14-21(18)22)24(30)17-5-7-19(26)8-6-17/h3-10,14-16H,11-13H2,1-2H3/b4-3-. The van der Waals surface area contributed by atoms with Crippen LogP contribution < -0.4 is 4.74 Å². The van der Waals surface area contributed by atoms with E-state index in [1.165, 1.54) is 23.8 Å². The van der Waals surface area contributed by atoms with Crippen LogP contribution >= 0.6 is 11.6 Å². The van der Waals surface area contributed by atoms with Gasteiger partial charge in [0, 0.05) is 22.2 Å². The van der Waals surface area contributed by atoms with Crippen LogP contribution in [-0.2, 0) is 30.3 Å². The smallest absolute Gasteiger partial charge is 0.497 e. The van der Waals surface area contributed by atoms with Crippen molar-refractivity contribution in [1.82, 2.24) is 4.57 Å². The summed E-state index contributed by atoms with van der Waals surface area (Å²) in [5.74, 6) is -0.289. The molecule has 0 aliphatic heterocycles. The molecule has 38 heavy (non-hydrogen) atoms. The molecule has 1 aromatic heterocycles. The zero-order chi connectivity index (χ0) is 27.7. The van der Waals surface area contributed by atoms with E-state index in [2.05, 4.69) is 9.57 Å². The van der Waals surface area contributed by atoms with Gasteiger partial charge < -0.3 is 18.9 Å². The quantitative estimate of drug-likeness (QED) is 0.112. The Bertz CT molecular complexity index is 1350. The first kappa shape index (κ1) is 28.0. The summed E-state index contributed by atoms with van der Waals surface area (Å²) in [4.78, 5) is 51.2. The van der Waals surface area contributed by atoms with Gasteiger partial charge in [-0.1, -0.05) is 11.6 Å². The minimum atomic E-state index is -1.42. The summed E-state index contributed by atoms with van der Waals surface area (Å²) in [6.07, 6.45) is 1.72. The van der Waals surface area contributed by atoms with Crippen molar-refractivity contribution >= 4 is 40.5 Å². The van der Waals surface area contributed by atoms with Crippen molar-refractivity contribution in [3.05, 3.63) is 87.1 Å². The number of methoxy groups -OCH3 is 1. The van der Waals surface area contributed by atoms with E-state index in [1.807, 2.05) is 0 Å². The zero-order valence-electron chi connectivity index (χ0n) is 20.3. The summed E-state index contributed by atoms with van der Waals surface area (Å²) in [5.41, 5.74) is 1.58. The molecule has 0 bridgehead atoms. The lowest BCUT2D eigenvalue weighted by Crippen LogP contribution is -2.21. The van der Waals surface area contributed by atoms with Crippen LogP contribution in [0.15, 0.2) is 60.8 Å². The highest BCUT2D eigenvalue weighted by Gasteiger charge is 2.18. The molecule has 12 nitrogen and oxygen atoms in total. The van der Waals surface area contributed by atoms with E-state index in [1.54, 1.807) is 48.7 Å². The van der Waals surface area contributed by atoms with Gasteiger partial charge >= 0.3 is 12.1 Å². The van der Waals surface area contributed by atoms with Crippen LogP contribution in [0, 0.1) is 10.1 Å². The Morgan fingerprint density at radius 2 is 1.76 bits per heavy atom. The van der Waals surface area contributed by atoms with E-state index >= 15 is 0 Å². The largest absolute Gasteiger partial charge is 0.510 e. The Morgan fingerprint density at radius 3 is 2.42 bits per heavy atom. The lowest BCUT2D eigenvalue weighted by molar-refractivity contribution is -0.777. The fourth-order valence-electron chi connectivity index (χ4n) is 3.36. The van der Waals surface area contributed by atoms with Crippen molar-refractivity contribution < 1.29 is 43.3 Å².